The van der Waals surface area contributed by atoms with Crippen molar-refractivity contribution in [1.29, 1.82) is 0 Å². The Morgan fingerprint density at radius 3 is 2.55 bits per heavy atom. The second kappa shape index (κ2) is 9.43. The molecule has 1 aliphatic heterocycles. The smallest absolute Gasteiger partial charge is 0.126 e. The summed E-state index contributed by atoms with van der Waals surface area (Å²) in [6.07, 6.45) is 9.37. The highest BCUT2D eigenvalue weighted by Gasteiger charge is 2.16. The molecular weight excluding hydrogens is 411 g/mol. The van der Waals surface area contributed by atoms with Gasteiger partial charge in [0.1, 0.15) is 11.6 Å². The Balaban J connectivity index is 1.52. The lowest BCUT2D eigenvalue weighted by molar-refractivity contribution is 0.627. The number of anilines is 1. The minimum atomic E-state index is -0.232. The predicted molar refractivity (Wildman–Crippen MR) is 133 cm³/mol. The molecule has 0 spiro atoms. The quantitative estimate of drug-likeness (QED) is 0.375. The zero-order valence-corrected chi connectivity index (χ0v) is 18.6. The van der Waals surface area contributed by atoms with E-state index in [0.29, 0.717) is 0 Å². The van der Waals surface area contributed by atoms with Gasteiger partial charge in [0, 0.05) is 48.0 Å². The average Bonchev–Trinajstić information content (AvgIpc) is 3.31. The van der Waals surface area contributed by atoms with Gasteiger partial charge in [0.15, 0.2) is 0 Å². The first-order valence-corrected chi connectivity index (χ1v) is 11.3. The van der Waals surface area contributed by atoms with E-state index >= 15 is 0 Å². The first-order valence-electron chi connectivity index (χ1n) is 11.3. The van der Waals surface area contributed by atoms with Crippen LogP contribution in [-0.4, -0.2) is 22.6 Å². The molecule has 2 aromatic carbocycles. The second-order valence-corrected chi connectivity index (χ2v) is 8.36. The van der Waals surface area contributed by atoms with Crippen LogP contribution in [0.5, 0.6) is 0 Å². The van der Waals surface area contributed by atoms with E-state index in [4.69, 9.17) is 0 Å². The third-order valence-electron chi connectivity index (χ3n) is 6.10. The van der Waals surface area contributed by atoms with E-state index in [1.807, 2.05) is 18.3 Å². The van der Waals surface area contributed by atoms with E-state index in [2.05, 4.69) is 75.9 Å². The molecule has 4 aromatic rings. The van der Waals surface area contributed by atoms with Crippen LogP contribution in [0.4, 0.5) is 10.2 Å². The summed E-state index contributed by atoms with van der Waals surface area (Å²) in [5, 5.41) is 6.92. The zero-order valence-electron chi connectivity index (χ0n) is 18.6. The van der Waals surface area contributed by atoms with E-state index in [9.17, 15) is 4.39 Å². The maximum absolute atomic E-state index is 13.5. The van der Waals surface area contributed by atoms with Gasteiger partial charge in [-0.3, -0.25) is 0 Å². The van der Waals surface area contributed by atoms with Crippen molar-refractivity contribution in [3.63, 3.8) is 0 Å². The first-order chi connectivity index (χ1) is 16.2. The van der Waals surface area contributed by atoms with Crippen LogP contribution >= 0.6 is 0 Å². The summed E-state index contributed by atoms with van der Waals surface area (Å²) in [6, 6.07) is 21.3. The number of pyridine rings is 1. The van der Waals surface area contributed by atoms with Gasteiger partial charge in [0.2, 0.25) is 0 Å². The van der Waals surface area contributed by atoms with Gasteiger partial charge in [-0.2, -0.15) is 0 Å². The molecule has 0 saturated heterocycles. The fraction of sp³-hybridized carbons (Fsp3) is 0.179. The highest BCUT2D eigenvalue weighted by atomic mass is 19.1. The molecule has 0 amide bonds. The van der Waals surface area contributed by atoms with Crippen LogP contribution in [0.15, 0.2) is 91.4 Å². The lowest BCUT2D eigenvalue weighted by Gasteiger charge is -2.17. The highest BCUT2D eigenvalue weighted by Crippen LogP contribution is 2.34. The largest absolute Gasteiger partial charge is 0.364 e. The van der Waals surface area contributed by atoms with Crippen molar-refractivity contribution in [2.24, 2.45) is 0 Å². The monoisotopic (exact) mass is 438 g/mol. The Kier molecular flexibility index (Phi) is 6.05. The Labute approximate surface area is 193 Å². The minimum Gasteiger partial charge on any atom is -0.364 e. The first kappa shape index (κ1) is 21.2. The highest BCUT2D eigenvalue weighted by molar-refractivity contribution is 5.83. The molecule has 0 fully saturated rings. The van der Waals surface area contributed by atoms with E-state index in [-0.39, 0.29) is 11.9 Å². The second-order valence-electron chi connectivity index (χ2n) is 8.36. The normalized spacial score (nSPS) is 14.5. The fourth-order valence-electron chi connectivity index (χ4n) is 4.29. The summed E-state index contributed by atoms with van der Waals surface area (Å²) in [5.74, 6) is 0.605. The predicted octanol–water partition coefficient (Wildman–Crippen LogP) is 6.23. The summed E-state index contributed by atoms with van der Waals surface area (Å²) in [5.41, 5.74) is 6.92. The van der Waals surface area contributed by atoms with Crippen LogP contribution in [0.2, 0.25) is 0 Å². The van der Waals surface area contributed by atoms with Crippen LogP contribution in [0.1, 0.15) is 30.5 Å². The van der Waals surface area contributed by atoms with Crippen molar-refractivity contribution in [2.45, 2.75) is 19.4 Å². The number of benzene rings is 2. The minimum absolute atomic E-state index is 0.143. The fourth-order valence-corrected chi connectivity index (χ4v) is 4.29. The molecule has 5 rings (SSSR count). The van der Waals surface area contributed by atoms with Crippen LogP contribution in [-0.2, 0) is 0 Å². The van der Waals surface area contributed by atoms with E-state index in [1.54, 1.807) is 12.1 Å². The SMILES string of the molecule is C[C@H](Nc1cc(-c2cn(-c3ccc(F)cc3)cc2C2=CCNCC2)ccn1)c1ccccc1. The molecule has 166 valence electrons. The molecular formula is C28H27FN4. The molecule has 2 N–H and O–H groups in total. The molecule has 33 heavy (non-hydrogen) atoms. The van der Waals surface area contributed by atoms with Gasteiger partial charge >= 0.3 is 0 Å². The third kappa shape index (κ3) is 4.73. The summed E-state index contributed by atoms with van der Waals surface area (Å²) < 4.78 is 15.6. The molecule has 0 aliphatic carbocycles. The van der Waals surface area contributed by atoms with Gasteiger partial charge in [0.25, 0.3) is 0 Å². The van der Waals surface area contributed by atoms with Gasteiger partial charge in [-0.1, -0.05) is 36.4 Å². The van der Waals surface area contributed by atoms with E-state index < -0.39 is 0 Å². The van der Waals surface area contributed by atoms with Crippen molar-refractivity contribution in [3.05, 3.63) is 108 Å². The van der Waals surface area contributed by atoms with Crippen LogP contribution in [0.3, 0.4) is 0 Å². The van der Waals surface area contributed by atoms with Gasteiger partial charge in [0.05, 0.1) is 0 Å². The maximum atomic E-state index is 13.5. The van der Waals surface area contributed by atoms with Gasteiger partial charge < -0.3 is 15.2 Å². The number of nitrogens with one attached hydrogen (secondary N) is 2. The van der Waals surface area contributed by atoms with Crippen LogP contribution in [0, 0.1) is 5.82 Å². The Hall–Kier alpha value is -3.70. The molecule has 5 heteroatoms. The lowest BCUT2D eigenvalue weighted by atomic mass is 9.96. The number of aromatic nitrogens is 2. The number of rotatable bonds is 6. The Morgan fingerprint density at radius 2 is 1.79 bits per heavy atom. The van der Waals surface area contributed by atoms with Crippen LogP contribution in [0.25, 0.3) is 22.4 Å². The Morgan fingerprint density at radius 1 is 1.00 bits per heavy atom. The third-order valence-corrected chi connectivity index (χ3v) is 6.10. The number of hydrogen-bond acceptors (Lipinski definition) is 3. The number of nitrogens with zero attached hydrogens (tertiary/aromatic N) is 2. The summed E-state index contributed by atoms with van der Waals surface area (Å²) in [7, 11) is 0. The average molecular weight is 439 g/mol. The molecule has 4 nitrogen and oxygen atoms in total. The topological polar surface area (TPSA) is 41.9 Å². The van der Waals surface area contributed by atoms with Gasteiger partial charge in [-0.05, 0) is 73.0 Å². The number of halogens is 1. The van der Waals surface area contributed by atoms with Crippen molar-refractivity contribution in [2.75, 3.05) is 18.4 Å². The zero-order chi connectivity index (χ0) is 22.6. The van der Waals surface area contributed by atoms with Crippen molar-refractivity contribution in [3.8, 4) is 16.8 Å². The number of hydrogen-bond donors (Lipinski definition) is 2. The summed E-state index contributed by atoms with van der Waals surface area (Å²) in [6.45, 7) is 3.97. The molecule has 0 unspecified atom stereocenters. The molecule has 3 heterocycles. The lowest BCUT2D eigenvalue weighted by Crippen LogP contribution is -2.20. The van der Waals surface area contributed by atoms with Gasteiger partial charge in [-0.25, -0.2) is 9.37 Å². The summed E-state index contributed by atoms with van der Waals surface area (Å²) >= 11 is 0. The Bertz CT molecular complexity index is 1260. The summed E-state index contributed by atoms with van der Waals surface area (Å²) in [4.78, 5) is 4.56. The molecule has 1 aliphatic rings. The van der Waals surface area contributed by atoms with Crippen molar-refractivity contribution >= 4 is 11.4 Å². The molecule has 1 atom stereocenters. The van der Waals surface area contributed by atoms with E-state index in [1.165, 1.54) is 28.8 Å². The standard InChI is InChI=1S/C28H27FN4/c1-20(21-5-3-2-4-6-21)32-28-17-23(13-16-31-28)27-19-33(25-9-7-24(29)8-10-25)18-26(27)22-11-14-30-15-12-22/h2-11,13,16-20,30H,12,14-15H2,1H3,(H,31,32)/t20-/m0/s1. The molecule has 0 bridgehead atoms. The molecule has 0 saturated carbocycles. The molecule has 0 radical (unpaired) electrons. The van der Waals surface area contributed by atoms with E-state index in [0.717, 1.165) is 42.1 Å². The molecule has 2 aromatic heterocycles. The van der Waals surface area contributed by atoms with Crippen LogP contribution < -0.4 is 10.6 Å². The maximum Gasteiger partial charge on any atom is 0.126 e. The van der Waals surface area contributed by atoms with Crippen molar-refractivity contribution in [1.82, 2.24) is 14.9 Å². The van der Waals surface area contributed by atoms with Gasteiger partial charge in [-0.15, -0.1) is 0 Å². The van der Waals surface area contributed by atoms with Crippen molar-refractivity contribution < 1.29 is 4.39 Å².